The molecule has 0 unspecified atom stereocenters. The van der Waals surface area contributed by atoms with E-state index in [4.69, 9.17) is 4.74 Å². The first-order valence-electron chi connectivity index (χ1n) is 6.09. The first kappa shape index (κ1) is 13.0. The number of ether oxygens (including phenoxy) is 1. The van der Waals surface area contributed by atoms with Gasteiger partial charge in [-0.15, -0.1) is 0 Å². The molecule has 6 nitrogen and oxygen atoms in total. The van der Waals surface area contributed by atoms with E-state index in [9.17, 15) is 4.79 Å². The predicted octanol–water partition coefficient (Wildman–Crippen LogP) is -0.243. The van der Waals surface area contributed by atoms with E-state index >= 15 is 0 Å². The van der Waals surface area contributed by atoms with Gasteiger partial charge in [-0.05, 0) is 6.92 Å². The van der Waals surface area contributed by atoms with Crippen molar-refractivity contribution in [3.8, 4) is 0 Å². The molecular formula is C12H20N4O2. The molecule has 100 valence electrons. The number of nitrogens with zero attached hydrogens (tertiary/aromatic N) is 3. The fourth-order valence-corrected chi connectivity index (χ4v) is 2.30. The quantitative estimate of drug-likeness (QED) is 0.806. The molecular weight excluding hydrogens is 232 g/mol. The highest BCUT2D eigenvalue weighted by molar-refractivity contribution is 5.84. The third-order valence-corrected chi connectivity index (χ3v) is 3.23. The smallest absolute Gasteiger partial charge is 0.253 e. The van der Waals surface area contributed by atoms with Gasteiger partial charge in [0.15, 0.2) is 5.60 Å². The number of morpholine rings is 1. The van der Waals surface area contributed by atoms with Gasteiger partial charge in [0.2, 0.25) is 0 Å². The Morgan fingerprint density at radius 1 is 1.67 bits per heavy atom. The van der Waals surface area contributed by atoms with Crippen LogP contribution in [0.1, 0.15) is 12.5 Å². The lowest BCUT2D eigenvalue weighted by atomic mass is 10.0. The third-order valence-electron chi connectivity index (χ3n) is 3.23. The van der Waals surface area contributed by atoms with Crippen LogP contribution >= 0.6 is 0 Å². The number of hydrogen-bond acceptors (Lipinski definition) is 4. The van der Waals surface area contributed by atoms with Crippen molar-refractivity contribution >= 4 is 5.91 Å². The minimum atomic E-state index is -0.755. The molecule has 18 heavy (non-hydrogen) atoms. The first-order valence-corrected chi connectivity index (χ1v) is 6.09. The average molecular weight is 252 g/mol. The van der Waals surface area contributed by atoms with Gasteiger partial charge >= 0.3 is 0 Å². The summed E-state index contributed by atoms with van der Waals surface area (Å²) in [6.45, 7) is 4.64. The van der Waals surface area contributed by atoms with Crippen LogP contribution in [0.4, 0.5) is 0 Å². The van der Waals surface area contributed by atoms with Gasteiger partial charge in [-0.25, -0.2) is 0 Å². The summed E-state index contributed by atoms with van der Waals surface area (Å²) in [4.78, 5) is 14.0. The zero-order chi connectivity index (χ0) is 13.2. The van der Waals surface area contributed by atoms with Gasteiger partial charge in [0.05, 0.1) is 12.8 Å². The number of aryl methyl sites for hydroxylation is 1. The molecule has 0 aromatic carbocycles. The summed E-state index contributed by atoms with van der Waals surface area (Å²) in [6, 6.07) is 0. The molecule has 0 radical (unpaired) electrons. The summed E-state index contributed by atoms with van der Waals surface area (Å²) >= 11 is 0. The number of hydrogen-bond donors (Lipinski definition) is 1. The number of nitrogens with one attached hydrogen (secondary N) is 1. The Labute approximate surface area is 107 Å². The predicted molar refractivity (Wildman–Crippen MR) is 66.9 cm³/mol. The molecule has 1 fully saturated rings. The molecule has 1 aromatic rings. The number of aromatic nitrogens is 2. The van der Waals surface area contributed by atoms with Crippen molar-refractivity contribution in [2.75, 3.05) is 26.7 Å². The third kappa shape index (κ3) is 2.70. The largest absolute Gasteiger partial charge is 0.363 e. The SMILES string of the molecule is CNC(=O)[C@]1(C)CN(Cc2cnn(C)c2)CCO1. The van der Waals surface area contributed by atoms with Crippen LogP contribution < -0.4 is 5.32 Å². The van der Waals surface area contributed by atoms with Gasteiger partial charge in [-0.3, -0.25) is 14.4 Å². The van der Waals surface area contributed by atoms with Gasteiger partial charge in [0.25, 0.3) is 5.91 Å². The number of carbonyl (C=O) groups is 1. The van der Waals surface area contributed by atoms with Crippen LogP contribution in [0.3, 0.4) is 0 Å². The molecule has 6 heteroatoms. The molecule has 2 rings (SSSR count). The van der Waals surface area contributed by atoms with Crippen LogP contribution in [0, 0.1) is 0 Å². The van der Waals surface area contributed by atoms with Crippen molar-refractivity contribution in [3.63, 3.8) is 0 Å². The van der Waals surface area contributed by atoms with Gasteiger partial charge in [-0.1, -0.05) is 0 Å². The Bertz CT molecular complexity index is 431. The van der Waals surface area contributed by atoms with Crippen molar-refractivity contribution in [2.45, 2.75) is 19.1 Å². The van der Waals surface area contributed by atoms with E-state index in [0.29, 0.717) is 13.2 Å². The monoisotopic (exact) mass is 252 g/mol. The van der Waals surface area contributed by atoms with Gasteiger partial charge < -0.3 is 10.1 Å². The Hall–Kier alpha value is -1.40. The average Bonchev–Trinajstić information content (AvgIpc) is 2.73. The molecule has 0 aliphatic carbocycles. The Morgan fingerprint density at radius 3 is 3.06 bits per heavy atom. The van der Waals surface area contributed by atoms with Gasteiger partial charge in [0, 0.05) is 45.5 Å². The molecule has 1 saturated heterocycles. The van der Waals surface area contributed by atoms with E-state index in [0.717, 1.165) is 18.7 Å². The molecule has 0 saturated carbocycles. The van der Waals surface area contributed by atoms with E-state index in [-0.39, 0.29) is 5.91 Å². The normalized spacial score (nSPS) is 25.1. The molecule has 1 amide bonds. The van der Waals surface area contributed by atoms with Gasteiger partial charge in [-0.2, -0.15) is 5.10 Å². The van der Waals surface area contributed by atoms with Gasteiger partial charge in [0.1, 0.15) is 0 Å². The fraction of sp³-hybridized carbons (Fsp3) is 0.667. The van der Waals surface area contributed by atoms with Crippen LogP contribution in [-0.4, -0.2) is 52.9 Å². The molecule has 1 aromatic heterocycles. The number of amides is 1. The zero-order valence-corrected chi connectivity index (χ0v) is 11.1. The summed E-state index contributed by atoms with van der Waals surface area (Å²) < 4.78 is 7.40. The summed E-state index contributed by atoms with van der Waals surface area (Å²) in [5.41, 5.74) is 0.397. The van der Waals surface area contributed by atoms with E-state index in [2.05, 4.69) is 15.3 Å². The topological polar surface area (TPSA) is 59.4 Å². The molecule has 0 spiro atoms. The molecule has 2 heterocycles. The minimum Gasteiger partial charge on any atom is -0.363 e. The van der Waals surface area contributed by atoms with Crippen molar-refractivity contribution in [2.24, 2.45) is 7.05 Å². The highest BCUT2D eigenvalue weighted by atomic mass is 16.5. The maximum atomic E-state index is 11.8. The summed E-state index contributed by atoms with van der Waals surface area (Å²) in [5.74, 6) is -0.0709. The van der Waals surface area contributed by atoms with Crippen LogP contribution in [0.2, 0.25) is 0 Å². The van der Waals surface area contributed by atoms with Crippen molar-refractivity contribution in [1.29, 1.82) is 0 Å². The second kappa shape index (κ2) is 5.07. The summed E-state index contributed by atoms with van der Waals surface area (Å²) in [6.07, 6.45) is 3.85. The highest BCUT2D eigenvalue weighted by Gasteiger charge is 2.38. The maximum Gasteiger partial charge on any atom is 0.253 e. The Kier molecular flexibility index (Phi) is 3.68. The number of rotatable bonds is 3. The lowest BCUT2D eigenvalue weighted by Crippen LogP contribution is -2.57. The lowest BCUT2D eigenvalue weighted by Gasteiger charge is -2.38. The molecule has 1 aliphatic heterocycles. The standard InChI is InChI=1S/C12H20N4O2/c1-12(11(17)13-2)9-16(4-5-18-12)8-10-6-14-15(3)7-10/h6-7H,4-5,8-9H2,1-3H3,(H,13,17)/t12-/m0/s1. The second-order valence-electron chi connectivity index (χ2n) is 4.89. The van der Waals surface area contributed by atoms with E-state index in [1.54, 1.807) is 11.7 Å². The van der Waals surface area contributed by atoms with E-state index in [1.807, 2.05) is 26.4 Å². The van der Waals surface area contributed by atoms with Crippen molar-refractivity contribution in [3.05, 3.63) is 18.0 Å². The van der Waals surface area contributed by atoms with E-state index in [1.165, 1.54) is 0 Å². The van der Waals surface area contributed by atoms with Crippen molar-refractivity contribution < 1.29 is 9.53 Å². The van der Waals surface area contributed by atoms with Crippen LogP contribution in [0.5, 0.6) is 0 Å². The Morgan fingerprint density at radius 2 is 2.44 bits per heavy atom. The molecule has 1 N–H and O–H groups in total. The van der Waals surface area contributed by atoms with E-state index < -0.39 is 5.60 Å². The number of carbonyl (C=O) groups excluding carboxylic acids is 1. The Balaban J connectivity index is 2.00. The second-order valence-corrected chi connectivity index (χ2v) is 4.89. The highest BCUT2D eigenvalue weighted by Crippen LogP contribution is 2.19. The summed E-state index contributed by atoms with van der Waals surface area (Å²) in [7, 11) is 3.54. The zero-order valence-electron chi connectivity index (χ0n) is 11.1. The van der Waals surface area contributed by atoms with Crippen LogP contribution in [0.15, 0.2) is 12.4 Å². The molecule has 1 aliphatic rings. The van der Waals surface area contributed by atoms with Crippen molar-refractivity contribution in [1.82, 2.24) is 20.0 Å². The summed E-state index contributed by atoms with van der Waals surface area (Å²) in [5, 5.41) is 6.81. The molecule has 1 atom stereocenters. The fourth-order valence-electron chi connectivity index (χ4n) is 2.30. The number of likely N-dealkylation sites (N-methyl/N-ethyl adjacent to an activating group) is 1. The first-order chi connectivity index (χ1) is 8.53. The minimum absolute atomic E-state index is 0.0709. The van der Waals surface area contributed by atoms with Crippen LogP contribution in [0.25, 0.3) is 0 Å². The van der Waals surface area contributed by atoms with Crippen LogP contribution in [-0.2, 0) is 23.1 Å². The lowest BCUT2D eigenvalue weighted by molar-refractivity contribution is -0.156. The maximum absolute atomic E-state index is 11.8. The molecule has 0 bridgehead atoms.